The number of benzene rings is 2. The number of carbonyl (C=O) groups excluding carboxylic acids is 2. The molecule has 2 aromatic carbocycles. The van der Waals surface area contributed by atoms with Gasteiger partial charge in [-0.15, -0.1) is 10.2 Å². The van der Waals surface area contributed by atoms with E-state index in [2.05, 4.69) is 20.8 Å². The third-order valence-corrected chi connectivity index (χ3v) is 6.31. The molecule has 8 nitrogen and oxygen atoms in total. The maximum absolute atomic E-state index is 13.0. The van der Waals surface area contributed by atoms with E-state index >= 15 is 0 Å². The van der Waals surface area contributed by atoms with E-state index in [9.17, 15) is 14.0 Å². The number of amides is 3. The number of ether oxygens (including phenoxy) is 1. The number of piperidine rings is 1. The number of aromatic nitrogens is 2. The van der Waals surface area contributed by atoms with Crippen molar-refractivity contribution in [2.75, 3.05) is 30.3 Å². The van der Waals surface area contributed by atoms with Gasteiger partial charge in [0.05, 0.1) is 12.3 Å². The number of halogens is 1. The Hall–Kier alpha value is -3.53. The van der Waals surface area contributed by atoms with Crippen LogP contribution in [0.3, 0.4) is 0 Å². The Kier molecular flexibility index (Phi) is 7.13. The van der Waals surface area contributed by atoms with E-state index in [-0.39, 0.29) is 22.8 Å². The number of nitrogens with one attached hydrogen (secondary N) is 2. The Morgan fingerprint density at radius 2 is 1.94 bits per heavy atom. The molecule has 1 unspecified atom stereocenters. The second kappa shape index (κ2) is 10.4. The quantitative estimate of drug-likeness (QED) is 0.544. The lowest BCUT2D eigenvalue weighted by molar-refractivity contribution is 0.102. The van der Waals surface area contributed by atoms with Crippen molar-refractivity contribution in [2.45, 2.75) is 25.7 Å². The SMILES string of the molecule is CCOc1ccccc1NC(=O)N1CCCC(c2nnc(C(=O)Nc3ccc(F)cc3)s2)C1. The Balaban J connectivity index is 1.38. The Bertz CT molecular complexity index is 1120. The number of likely N-dealkylation sites (tertiary alicyclic amines) is 1. The molecule has 3 aromatic rings. The molecule has 2 heterocycles. The number of urea groups is 1. The molecule has 0 bridgehead atoms. The summed E-state index contributed by atoms with van der Waals surface area (Å²) in [5.74, 6) is -0.152. The molecule has 3 amide bonds. The topological polar surface area (TPSA) is 96.4 Å². The molecule has 0 aliphatic carbocycles. The highest BCUT2D eigenvalue weighted by molar-refractivity contribution is 7.13. The van der Waals surface area contributed by atoms with Crippen molar-refractivity contribution in [3.05, 3.63) is 64.4 Å². The van der Waals surface area contributed by atoms with Gasteiger partial charge in [-0.1, -0.05) is 23.5 Å². The molecule has 1 saturated heterocycles. The van der Waals surface area contributed by atoms with Gasteiger partial charge in [0.15, 0.2) is 0 Å². The van der Waals surface area contributed by atoms with E-state index in [1.54, 1.807) is 11.0 Å². The summed E-state index contributed by atoms with van der Waals surface area (Å²) < 4.78 is 18.6. The first-order valence-corrected chi connectivity index (χ1v) is 11.5. The highest BCUT2D eigenvalue weighted by atomic mass is 32.1. The Morgan fingerprint density at radius 1 is 1.15 bits per heavy atom. The number of carbonyl (C=O) groups is 2. The van der Waals surface area contributed by atoms with Gasteiger partial charge in [-0.25, -0.2) is 9.18 Å². The zero-order valence-electron chi connectivity index (χ0n) is 18.1. The Labute approximate surface area is 194 Å². The minimum atomic E-state index is -0.400. The van der Waals surface area contributed by atoms with Gasteiger partial charge < -0.3 is 20.3 Å². The van der Waals surface area contributed by atoms with E-state index in [4.69, 9.17) is 4.74 Å². The maximum atomic E-state index is 13.0. The fourth-order valence-electron chi connectivity index (χ4n) is 3.62. The van der Waals surface area contributed by atoms with Crippen LogP contribution in [0.1, 0.15) is 40.5 Å². The van der Waals surface area contributed by atoms with Crippen molar-refractivity contribution in [3.63, 3.8) is 0 Å². The summed E-state index contributed by atoms with van der Waals surface area (Å²) in [6.45, 7) is 3.52. The highest BCUT2D eigenvalue weighted by Gasteiger charge is 2.28. The summed E-state index contributed by atoms with van der Waals surface area (Å²) in [6.07, 6.45) is 1.68. The van der Waals surface area contributed by atoms with Crippen LogP contribution in [0.15, 0.2) is 48.5 Å². The summed E-state index contributed by atoms with van der Waals surface area (Å²) in [5.41, 5.74) is 1.10. The van der Waals surface area contributed by atoms with E-state index in [0.29, 0.717) is 41.8 Å². The van der Waals surface area contributed by atoms with Crippen LogP contribution in [0.25, 0.3) is 0 Å². The maximum Gasteiger partial charge on any atom is 0.321 e. The number of anilines is 2. The van der Waals surface area contributed by atoms with Crippen LogP contribution < -0.4 is 15.4 Å². The number of hydrogen-bond acceptors (Lipinski definition) is 6. The van der Waals surface area contributed by atoms with Crippen molar-refractivity contribution < 1.29 is 18.7 Å². The first kappa shape index (κ1) is 22.7. The minimum Gasteiger partial charge on any atom is -0.492 e. The normalized spacial score (nSPS) is 15.7. The van der Waals surface area contributed by atoms with Gasteiger partial charge in [-0.2, -0.15) is 0 Å². The zero-order valence-corrected chi connectivity index (χ0v) is 18.9. The number of nitrogens with zero attached hydrogens (tertiary/aromatic N) is 3. The fraction of sp³-hybridized carbons (Fsp3) is 0.304. The van der Waals surface area contributed by atoms with Crippen LogP contribution in [0.2, 0.25) is 0 Å². The van der Waals surface area contributed by atoms with E-state index in [1.165, 1.54) is 35.6 Å². The zero-order chi connectivity index (χ0) is 23.2. The smallest absolute Gasteiger partial charge is 0.321 e. The first-order chi connectivity index (χ1) is 16.0. The molecular weight excluding hydrogens is 445 g/mol. The molecule has 33 heavy (non-hydrogen) atoms. The predicted molar refractivity (Wildman–Crippen MR) is 124 cm³/mol. The molecule has 0 spiro atoms. The lowest BCUT2D eigenvalue weighted by Gasteiger charge is -2.31. The second-order valence-corrected chi connectivity index (χ2v) is 8.56. The fourth-order valence-corrected chi connectivity index (χ4v) is 4.48. The van der Waals surface area contributed by atoms with Crippen molar-refractivity contribution in [1.82, 2.24) is 15.1 Å². The summed E-state index contributed by atoms with van der Waals surface area (Å²) in [5, 5.41) is 14.8. The lowest BCUT2D eigenvalue weighted by atomic mass is 9.99. The molecule has 0 saturated carbocycles. The van der Waals surface area contributed by atoms with Gasteiger partial charge in [0.2, 0.25) is 5.01 Å². The average Bonchev–Trinajstić information content (AvgIpc) is 3.33. The summed E-state index contributed by atoms with van der Waals surface area (Å²) in [4.78, 5) is 27.1. The van der Waals surface area contributed by atoms with Gasteiger partial charge in [-0.3, -0.25) is 4.79 Å². The van der Waals surface area contributed by atoms with Crippen LogP contribution in [0, 0.1) is 5.82 Å². The van der Waals surface area contributed by atoms with Gasteiger partial charge in [0, 0.05) is 24.7 Å². The summed E-state index contributed by atoms with van der Waals surface area (Å²) in [7, 11) is 0. The molecule has 172 valence electrons. The molecule has 1 fully saturated rings. The minimum absolute atomic E-state index is 0.00323. The standard InChI is InChI=1S/C23H24FN5O3S/c1-2-32-19-8-4-3-7-18(19)26-23(31)29-13-5-6-15(14-29)21-27-28-22(33-21)20(30)25-17-11-9-16(24)10-12-17/h3-4,7-12,15H,2,5-6,13-14H2,1H3,(H,25,30)(H,26,31). The van der Waals surface area contributed by atoms with Gasteiger partial charge in [-0.05, 0) is 56.2 Å². The average molecular weight is 470 g/mol. The number of para-hydroxylation sites is 2. The second-order valence-electron chi connectivity index (χ2n) is 7.55. The molecule has 4 rings (SSSR count). The number of hydrogen-bond donors (Lipinski definition) is 2. The van der Waals surface area contributed by atoms with Crippen LogP contribution in [0.4, 0.5) is 20.6 Å². The third kappa shape index (κ3) is 5.64. The molecule has 0 radical (unpaired) electrons. The number of rotatable bonds is 6. The predicted octanol–water partition coefficient (Wildman–Crippen LogP) is 4.74. The summed E-state index contributed by atoms with van der Waals surface area (Å²) in [6, 6.07) is 12.6. The van der Waals surface area contributed by atoms with E-state index < -0.39 is 5.91 Å². The molecule has 1 aliphatic rings. The third-order valence-electron chi connectivity index (χ3n) is 5.22. The first-order valence-electron chi connectivity index (χ1n) is 10.7. The molecule has 2 N–H and O–H groups in total. The van der Waals surface area contributed by atoms with Gasteiger partial charge in [0.25, 0.3) is 5.91 Å². The van der Waals surface area contributed by atoms with Crippen molar-refractivity contribution in [1.29, 1.82) is 0 Å². The molecule has 10 heteroatoms. The van der Waals surface area contributed by atoms with Crippen molar-refractivity contribution >= 4 is 34.6 Å². The van der Waals surface area contributed by atoms with Crippen molar-refractivity contribution in [2.24, 2.45) is 0 Å². The van der Waals surface area contributed by atoms with Crippen LogP contribution >= 0.6 is 11.3 Å². The molecule has 1 aliphatic heterocycles. The highest BCUT2D eigenvalue weighted by Crippen LogP contribution is 2.30. The monoisotopic (exact) mass is 469 g/mol. The van der Waals surface area contributed by atoms with E-state index in [0.717, 1.165) is 12.8 Å². The van der Waals surface area contributed by atoms with Crippen LogP contribution in [0.5, 0.6) is 5.75 Å². The summed E-state index contributed by atoms with van der Waals surface area (Å²) >= 11 is 1.21. The van der Waals surface area contributed by atoms with Crippen LogP contribution in [-0.4, -0.2) is 46.7 Å². The molecule has 1 aromatic heterocycles. The van der Waals surface area contributed by atoms with Gasteiger partial charge >= 0.3 is 6.03 Å². The van der Waals surface area contributed by atoms with Crippen LogP contribution in [-0.2, 0) is 0 Å². The molecular formula is C23H24FN5O3S. The van der Waals surface area contributed by atoms with Gasteiger partial charge in [0.1, 0.15) is 16.6 Å². The Morgan fingerprint density at radius 3 is 2.73 bits per heavy atom. The largest absolute Gasteiger partial charge is 0.492 e. The van der Waals surface area contributed by atoms with Crippen molar-refractivity contribution in [3.8, 4) is 5.75 Å². The molecule has 1 atom stereocenters. The lowest BCUT2D eigenvalue weighted by Crippen LogP contribution is -2.41. The van der Waals surface area contributed by atoms with E-state index in [1.807, 2.05) is 25.1 Å².